The number of nitrogen functional groups attached to an aromatic ring is 1. The minimum absolute atomic E-state index is 0.0933. The molecule has 0 aromatic heterocycles. The molecule has 17 heavy (non-hydrogen) atoms. The second kappa shape index (κ2) is 5.31. The van der Waals surface area contributed by atoms with Gasteiger partial charge in [0.15, 0.2) is 0 Å². The molecule has 1 aromatic carbocycles. The van der Waals surface area contributed by atoms with Crippen LogP contribution in [0.15, 0.2) is 16.6 Å². The maximum absolute atomic E-state index is 12.4. The monoisotopic (exact) mass is 314 g/mol. The van der Waals surface area contributed by atoms with E-state index in [0.717, 1.165) is 34.6 Å². The lowest BCUT2D eigenvalue weighted by Crippen LogP contribution is -2.38. The number of anilines is 1. The van der Waals surface area contributed by atoms with Crippen LogP contribution in [-0.2, 0) is 0 Å². The maximum Gasteiger partial charge on any atom is 0.254 e. The minimum Gasteiger partial charge on any atom is -0.398 e. The highest BCUT2D eigenvalue weighted by Gasteiger charge is 2.20. The molecule has 3 nitrogen and oxygen atoms in total. The van der Waals surface area contributed by atoms with Crippen LogP contribution in [0.1, 0.15) is 15.9 Å². The number of carbonyl (C=O) groups is 1. The Labute approximate surface area is 114 Å². The summed E-state index contributed by atoms with van der Waals surface area (Å²) in [6.45, 7) is 3.55. The molecule has 0 unspecified atom stereocenters. The molecule has 1 heterocycles. The molecule has 5 heteroatoms. The quantitative estimate of drug-likeness (QED) is 0.810. The summed E-state index contributed by atoms with van der Waals surface area (Å²) in [6.07, 6.45) is 0. The van der Waals surface area contributed by atoms with Gasteiger partial charge in [-0.15, -0.1) is 0 Å². The van der Waals surface area contributed by atoms with E-state index in [-0.39, 0.29) is 5.91 Å². The zero-order chi connectivity index (χ0) is 12.4. The molecule has 0 bridgehead atoms. The minimum atomic E-state index is 0.0933. The largest absolute Gasteiger partial charge is 0.398 e. The number of hydrogen-bond donors (Lipinski definition) is 1. The smallest absolute Gasteiger partial charge is 0.254 e. The lowest BCUT2D eigenvalue weighted by Gasteiger charge is -2.27. The Hall–Kier alpha value is -0.680. The van der Waals surface area contributed by atoms with Gasteiger partial charge in [-0.05, 0) is 24.6 Å². The normalized spacial score (nSPS) is 16.0. The van der Waals surface area contributed by atoms with Crippen LogP contribution in [0.3, 0.4) is 0 Å². The van der Waals surface area contributed by atoms with Crippen LogP contribution in [0.2, 0.25) is 0 Å². The van der Waals surface area contributed by atoms with Crippen molar-refractivity contribution in [2.75, 3.05) is 30.3 Å². The number of thioether (sulfide) groups is 1. The van der Waals surface area contributed by atoms with E-state index in [1.807, 2.05) is 35.7 Å². The lowest BCUT2D eigenvalue weighted by molar-refractivity contribution is 0.0771. The van der Waals surface area contributed by atoms with Gasteiger partial charge in [-0.3, -0.25) is 4.79 Å². The van der Waals surface area contributed by atoms with Crippen LogP contribution in [0, 0.1) is 6.92 Å². The van der Waals surface area contributed by atoms with Crippen molar-refractivity contribution in [1.29, 1.82) is 0 Å². The van der Waals surface area contributed by atoms with Crippen molar-refractivity contribution in [1.82, 2.24) is 4.90 Å². The number of benzene rings is 1. The molecule has 0 atom stereocenters. The van der Waals surface area contributed by atoms with Gasteiger partial charge in [0.2, 0.25) is 0 Å². The molecule has 92 valence electrons. The van der Waals surface area contributed by atoms with Crippen LogP contribution in [0.25, 0.3) is 0 Å². The highest BCUT2D eigenvalue weighted by atomic mass is 79.9. The Morgan fingerprint density at radius 3 is 2.71 bits per heavy atom. The van der Waals surface area contributed by atoms with E-state index in [9.17, 15) is 4.79 Å². The highest BCUT2D eigenvalue weighted by molar-refractivity contribution is 9.10. The van der Waals surface area contributed by atoms with E-state index in [1.165, 1.54) is 0 Å². The Morgan fingerprint density at radius 1 is 1.41 bits per heavy atom. The van der Waals surface area contributed by atoms with Crippen molar-refractivity contribution in [2.24, 2.45) is 0 Å². The average Bonchev–Trinajstić information content (AvgIpc) is 2.34. The van der Waals surface area contributed by atoms with Gasteiger partial charge in [0.05, 0.1) is 0 Å². The Bertz CT molecular complexity index is 444. The van der Waals surface area contributed by atoms with Crippen molar-refractivity contribution in [3.8, 4) is 0 Å². The summed E-state index contributed by atoms with van der Waals surface area (Å²) >= 11 is 5.28. The number of amides is 1. The summed E-state index contributed by atoms with van der Waals surface area (Å²) in [4.78, 5) is 14.3. The van der Waals surface area contributed by atoms with Crippen LogP contribution in [0.5, 0.6) is 0 Å². The second-order valence-corrected chi connectivity index (χ2v) is 6.21. The average molecular weight is 315 g/mol. The van der Waals surface area contributed by atoms with Crippen molar-refractivity contribution < 1.29 is 4.79 Å². The first kappa shape index (κ1) is 12.8. The first-order chi connectivity index (χ1) is 8.09. The molecular weight excluding hydrogens is 300 g/mol. The molecule has 1 saturated heterocycles. The first-order valence-electron chi connectivity index (χ1n) is 5.52. The molecule has 1 aliphatic rings. The third-order valence-electron chi connectivity index (χ3n) is 2.94. The van der Waals surface area contributed by atoms with Gasteiger partial charge >= 0.3 is 0 Å². The lowest BCUT2D eigenvalue weighted by atomic mass is 10.1. The van der Waals surface area contributed by atoms with Gasteiger partial charge in [0.1, 0.15) is 0 Å². The van der Waals surface area contributed by atoms with E-state index in [0.29, 0.717) is 11.3 Å². The Kier molecular flexibility index (Phi) is 3.99. The van der Waals surface area contributed by atoms with E-state index < -0.39 is 0 Å². The number of carbonyl (C=O) groups excluding carboxylic acids is 1. The molecule has 0 saturated carbocycles. The number of halogens is 1. The van der Waals surface area contributed by atoms with Gasteiger partial charge in [-0.2, -0.15) is 11.8 Å². The zero-order valence-electron chi connectivity index (χ0n) is 9.70. The Balaban J connectivity index is 2.29. The van der Waals surface area contributed by atoms with Crippen molar-refractivity contribution in [2.45, 2.75) is 6.92 Å². The fraction of sp³-hybridized carbons (Fsp3) is 0.417. The summed E-state index contributed by atoms with van der Waals surface area (Å²) in [5.41, 5.74) is 8.13. The van der Waals surface area contributed by atoms with Crippen LogP contribution < -0.4 is 5.73 Å². The van der Waals surface area contributed by atoms with Gasteiger partial charge in [-0.25, -0.2) is 0 Å². The van der Waals surface area contributed by atoms with E-state index in [1.54, 1.807) is 0 Å². The number of hydrogen-bond acceptors (Lipinski definition) is 3. The third-order valence-corrected chi connectivity index (χ3v) is 4.34. The molecule has 0 aliphatic carbocycles. The van der Waals surface area contributed by atoms with Crippen LogP contribution in [0.4, 0.5) is 5.69 Å². The zero-order valence-corrected chi connectivity index (χ0v) is 12.1. The number of nitrogens with zero attached hydrogens (tertiary/aromatic N) is 1. The molecule has 0 radical (unpaired) electrons. The van der Waals surface area contributed by atoms with E-state index in [2.05, 4.69) is 15.9 Å². The molecule has 1 aliphatic heterocycles. The summed E-state index contributed by atoms with van der Waals surface area (Å²) < 4.78 is 0.857. The molecule has 0 spiro atoms. The first-order valence-corrected chi connectivity index (χ1v) is 7.47. The van der Waals surface area contributed by atoms with Gasteiger partial charge in [-0.1, -0.05) is 15.9 Å². The molecule has 1 fully saturated rings. The summed E-state index contributed by atoms with van der Waals surface area (Å²) in [5.74, 6) is 2.14. The Morgan fingerprint density at radius 2 is 2.06 bits per heavy atom. The topological polar surface area (TPSA) is 46.3 Å². The summed E-state index contributed by atoms with van der Waals surface area (Å²) in [6, 6.07) is 3.69. The van der Waals surface area contributed by atoms with E-state index >= 15 is 0 Å². The molecular formula is C12H15BrN2OS. The number of nitrogens with two attached hydrogens (primary N) is 1. The second-order valence-electron chi connectivity index (χ2n) is 4.07. The van der Waals surface area contributed by atoms with Crippen LogP contribution >= 0.6 is 27.7 Å². The van der Waals surface area contributed by atoms with Crippen molar-refractivity contribution in [3.05, 3.63) is 27.7 Å². The van der Waals surface area contributed by atoms with Crippen molar-refractivity contribution >= 4 is 39.3 Å². The summed E-state index contributed by atoms with van der Waals surface area (Å²) in [5, 5.41) is 0. The van der Waals surface area contributed by atoms with Crippen molar-refractivity contribution in [3.63, 3.8) is 0 Å². The van der Waals surface area contributed by atoms with E-state index in [4.69, 9.17) is 5.73 Å². The fourth-order valence-electron chi connectivity index (χ4n) is 1.86. The summed E-state index contributed by atoms with van der Waals surface area (Å²) in [7, 11) is 0. The van der Waals surface area contributed by atoms with Gasteiger partial charge < -0.3 is 10.6 Å². The highest BCUT2D eigenvalue weighted by Crippen LogP contribution is 2.24. The fourth-order valence-corrected chi connectivity index (χ4v) is 3.24. The number of rotatable bonds is 1. The van der Waals surface area contributed by atoms with Gasteiger partial charge in [0, 0.05) is 40.3 Å². The van der Waals surface area contributed by atoms with Gasteiger partial charge in [0.25, 0.3) is 5.91 Å². The maximum atomic E-state index is 12.4. The molecule has 2 N–H and O–H groups in total. The predicted molar refractivity (Wildman–Crippen MR) is 76.5 cm³/mol. The molecule has 1 amide bonds. The molecule has 2 rings (SSSR count). The standard InChI is InChI=1S/C12H15BrN2OS/c1-8-10(6-9(13)7-11(8)14)12(16)15-2-4-17-5-3-15/h6-7H,2-5,14H2,1H3. The molecule has 1 aromatic rings. The van der Waals surface area contributed by atoms with Crippen LogP contribution in [-0.4, -0.2) is 35.4 Å². The predicted octanol–water partition coefficient (Wildman–Crippen LogP) is 2.53. The third kappa shape index (κ3) is 2.77. The SMILES string of the molecule is Cc1c(N)cc(Br)cc1C(=O)N1CCSCC1.